The van der Waals surface area contributed by atoms with Gasteiger partial charge in [0.05, 0.1) is 19.1 Å². The number of hydrogen-bond acceptors (Lipinski definition) is 5. The van der Waals surface area contributed by atoms with Gasteiger partial charge < -0.3 is 19.9 Å². The first-order valence-electron chi connectivity index (χ1n) is 9.89. The number of carbonyl (C=O) groups is 2. The Bertz CT molecular complexity index is 1200. The van der Waals surface area contributed by atoms with Crippen LogP contribution in [0.15, 0.2) is 60.7 Å². The van der Waals surface area contributed by atoms with Gasteiger partial charge in [0.1, 0.15) is 5.75 Å². The van der Waals surface area contributed by atoms with E-state index >= 15 is 0 Å². The van der Waals surface area contributed by atoms with E-state index in [4.69, 9.17) is 14.6 Å². The molecule has 3 rings (SSSR count). The average Bonchev–Trinajstić information content (AvgIpc) is 2.79. The highest BCUT2D eigenvalue weighted by molar-refractivity contribution is 7.79. The summed E-state index contributed by atoms with van der Waals surface area (Å²) in [5.74, 6) is -0.190. The minimum atomic E-state index is -4.48. The normalized spacial score (nSPS) is 11.1. The number of anilines is 1. The number of aliphatic carboxylic acids is 1. The second kappa shape index (κ2) is 10.5. The molecule has 6 nitrogen and oxygen atoms in total. The maximum atomic E-state index is 12.7. The molecule has 0 radical (unpaired) electrons. The van der Waals surface area contributed by atoms with Gasteiger partial charge in [-0.2, -0.15) is 25.8 Å². The van der Waals surface area contributed by atoms with E-state index in [0.29, 0.717) is 34.1 Å². The first-order chi connectivity index (χ1) is 16.1. The van der Waals surface area contributed by atoms with Crippen molar-refractivity contribution in [2.24, 2.45) is 0 Å². The molecular formula is C24H20F3NO5S. The van der Waals surface area contributed by atoms with Gasteiger partial charge in [-0.15, -0.1) is 0 Å². The van der Waals surface area contributed by atoms with Gasteiger partial charge in [0.15, 0.2) is 11.5 Å². The lowest BCUT2D eigenvalue weighted by molar-refractivity contribution is -0.138. The maximum absolute atomic E-state index is 12.7. The zero-order valence-corrected chi connectivity index (χ0v) is 18.7. The maximum Gasteiger partial charge on any atom is 0.416 e. The SMILES string of the molecule is COc1ccc(CC(=O)O)cc1Oc1ccc(NC(=O)c2ccc(C(F)(F)F)cc2)cc1CS. The molecule has 2 N–H and O–H groups in total. The second-order valence-electron chi connectivity index (χ2n) is 7.17. The molecule has 0 spiro atoms. The van der Waals surface area contributed by atoms with Gasteiger partial charge >= 0.3 is 12.1 Å². The van der Waals surface area contributed by atoms with E-state index in [9.17, 15) is 22.8 Å². The zero-order chi connectivity index (χ0) is 24.9. The van der Waals surface area contributed by atoms with Crippen LogP contribution in [0.3, 0.4) is 0 Å². The van der Waals surface area contributed by atoms with Gasteiger partial charge in [-0.3, -0.25) is 9.59 Å². The minimum absolute atomic E-state index is 0.0701. The van der Waals surface area contributed by atoms with Crippen LogP contribution in [0.25, 0.3) is 0 Å². The molecule has 3 aromatic rings. The molecule has 0 atom stereocenters. The Kier molecular flexibility index (Phi) is 7.72. The van der Waals surface area contributed by atoms with Gasteiger partial charge in [0.25, 0.3) is 5.91 Å². The smallest absolute Gasteiger partial charge is 0.416 e. The third-order valence-electron chi connectivity index (χ3n) is 4.77. The molecule has 0 bridgehead atoms. The summed E-state index contributed by atoms with van der Waals surface area (Å²) in [4.78, 5) is 23.5. The van der Waals surface area contributed by atoms with E-state index in [0.717, 1.165) is 24.3 Å². The largest absolute Gasteiger partial charge is 0.493 e. The molecule has 0 unspecified atom stereocenters. The number of alkyl halides is 3. The molecule has 0 aliphatic carbocycles. The number of amides is 1. The van der Waals surface area contributed by atoms with Crippen molar-refractivity contribution in [2.75, 3.05) is 12.4 Å². The number of carboxylic acids is 1. The fraction of sp³-hybridized carbons (Fsp3) is 0.167. The van der Waals surface area contributed by atoms with Crippen molar-refractivity contribution < 1.29 is 37.3 Å². The topological polar surface area (TPSA) is 84.9 Å². The van der Waals surface area contributed by atoms with Crippen LogP contribution >= 0.6 is 12.6 Å². The number of thiol groups is 1. The molecule has 0 aromatic heterocycles. The number of carboxylic acid groups (broad SMARTS) is 1. The van der Waals surface area contributed by atoms with Crippen molar-refractivity contribution in [3.05, 3.63) is 82.9 Å². The fourth-order valence-electron chi connectivity index (χ4n) is 3.10. The van der Waals surface area contributed by atoms with Crippen molar-refractivity contribution in [3.8, 4) is 17.2 Å². The van der Waals surface area contributed by atoms with Gasteiger partial charge in [-0.05, 0) is 60.2 Å². The van der Waals surface area contributed by atoms with E-state index in [1.54, 1.807) is 36.4 Å². The highest BCUT2D eigenvalue weighted by atomic mass is 32.1. The molecule has 0 fully saturated rings. The third kappa shape index (κ3) is 6.22. The van der Waals surface area contributed by atoms with Crippen molar-refractivity contribution in [2.45, 2.75) is 18.3 Å². The fourth-order valence-corrected chi connectivity index (χ4v) is 3.35. The third-order valence-corrected chi connectivity index (χ3v) is 5.11. The molecule has 1 amide bonds. The molecule has 0 saturated carbocycles. The van der Waals surface area contributed by atoms with Crippen LogP contribution < -0.4 is 14.8 Å². The second-order valence-corrected chi connectivity index (χ2v) is 7.48. The van der Waals surface area contributed by atoms with Crippen molar-refractivity contribution in [1.82, 2.24) is 0 Å². The lowest BCUT2D eigenvalue weighted by atomic mass is 10.1. The number of methoxy groups -OCH3 is 1. The van der Waals surface area contributed by atoms with Crippen LogP contribution in [0.5, 0.6) is 17.2 Å². The summed E-state index contributed by atoms with van der Waals surface area (Å²) in [5, 5.41) is 11.7. The Morgan fingerprint density at radius 1 is 0.971 bits per heavy atom. The molecule has 0 aliphatic heterocycles. The number of ether oxygens (including phenoxy) is 2. The Balaban J connectivity index is 1.80. The van der Waals surface area contributed by atoms with Gasteiger partial charge in [-0.25, -0.2) is 0 Å². The highest BCUT2D eigenvalue weighted by Gasteiger charge is 2.30. The van der Waals surface area contributed by atoms with Crippen molar-refractivity contribution in [1.29, 1.82) is 0 Å². The van der Waals surface area contributed by atoms with E-state index in [1.165, 1.54) is 7.11 Å². The van der Waals surface area contributed by atoms with Crippen LogP contribution in [0, 0.1) is 0 Å². The van der Waals surface area contributed by atoms with E-state index in [-0.39, 0.29) is 17.7 Å². The van der Waals surface area contributed by atoms with Crippen LogP contribution in [0.2, 0.25) is 0 Å². The van der Waals surface area contributed by atoms with Crippen LogP contribution in [0.4, 0.5) is 18.9 Å². The lowest BCUT2D eigenvalue weighted by Gasteiger charge is -2.15. The molecule has 0 saturated heterocycles. The zero-order valence-electron chi connectivity index (χ0n) is 17.8. The quantitative estimate of drug-likeness (QED) is 0.346. The summed E-state index contributed by atoms with van der Waals surface area (Å²) in [7, 11) is 1.46. The van der Waals surface area contributed by atoms with Crippen molar-refractivity contribution >= 4 is 30.2 Å². The number of benzene rings is 3. The summed E-state index contributed by atoms with van der Waals surface area (Å²) in [5.41, 5.74) is 0.759. The molecule has 34 heavy (non-hydrogen) atoms. The van der Waals surface area contributed by atoms with E-state index < -0.39 is 23.6 Å². The standard InChI is InChI=1S/C24H20F3NO5S/c1-32-20-8-2-14(11-22(29)30)10-21(20)33-19-9-7-18(12-16(19)13-34)28-23(31)15-3-5-17(6-4-15)24(25,26)27/h2-10,12,34H,11,13H2,1H3,(H,28,31)(H,29,30). The molecule has 0 heterocycles. The van der Waals surface area contributed by atoms with E-state index in [1.807, 2.05) is 0 Å². The Morgan fingerprint density at radius 2 is 1.65 bits per heavy atom. The number of carbonyl (C=O) groups excluding carboxylic acids is 1. The molecule has 0 aliphatic rings. The van der Waals surface area contributed by atoms with E-state index in [2.05, 4.69) is 17.9 Å². The summed E-state index contributed by atoms with van der Waals surface area (Å²) >= 11 is 4.30. The van der Waals surface area contributed by atoms with Gasteiger partial charge in [0.2, 0.25) is 0 Å². The minimum Gasteiger partial charge on any atom is -0.493 e. The lowest BCUT2D eigenvalue weighted by Crippen LogP contribution is -2.13. The summed E-state index contributed by atoms with van der Waals surface area (Å²) < 4.78 is 49.4. The number of rotatable bonds is 8. The number of nitrogens with one attached hydrogen (secondary N) is 1. The first kappa shape index (κ1) is 25.0. The highest BCUT2D eigenvalue weighted by Crippen LogP contribution is 2.36. The Morgan fingerprint density at radius 3 is 2.24 bits per heavy atom. The molecule has 3 aromatic carbocycles. The molecular weight excluding hydrogens is 471 g/mol. The van der Waals surface area contributed by atoms with Crippen molar-refractivity contribution in [3.63, 3.8) is 0 Å². The Hall–Kier alpha value is -3.66. The average molecular weight is 491 g/mol. The van der Waals surface area contributed by atoms with Gasteiger partial charge in [-0.1, -0.05) is 6.07 Å². The van der Waals surface area contributed by atoms with Crippen LogP contribution in [-0.2, 0) is 23.1 Å². The monoisotopic (exact) mass is 491 g/mol. The summed E-state index contributed by atoms with van der Waals surface area (Å²) in [6, 6.07) is 13.5. The number of hydrogen-bond donors (Lipinski definition) is 3. The van der Waals surface area contributed by atoms with Crippen LogP contribution in [-0.4, -0.2) is 24.1 Å². The predicted octanol–water partition coefficient (Wildman–Crippen LogP) is 5.82. The number of halogens is 3. The summed E-state index contributed by atoms with van der Waals surface area (Å²) in [6.07, 6.45) is -4.67. The van der Waals surface area contributed by atoms with Gasteiger partial charge in [0, 0.05) is 22.6 Å². The van der Waals surface area contributed by atoms with Crippen LogP contribution in [0.1, 0.15) is 27.0 Å². The predicted molar refractivity (Wildman–Crippen MR) is 123 cm³/mol. The molecule has 10 heteroatoms. The first-order valence-corrected chi connectivity index (χ1v) is 10.5. The Labute approximate surface area is 198 Å². The molecule has 178 valence electrons. The summed E-state index contributed by atoms with van der Waals surface area (Å²) in [6.45, 7) is 0.